The Kier molecular flexibility index (Phi) is 6.31. The van der Waals surface area contributed by atoms with E-state index in [1.807, 2.05) is 0 Å². The highest BCUT2D eigenvalue weighted by atomic mass is 35.5. The van der Waals surface area contributed by atoms with E-state index in [1.165, 1.54) is 11.1 Å². The summed E-state index contributed by atoms with van der Waals surface area (Å²) in [6.45, 7) is 0.0992. The summed E-state index contributed by atoms with van der Waals surface area (Å²) in [5.41, 5.74) is 1.37. The second kappa shape index (κ2) is 9.69. The number of fused-ring (bicyclic) bond motifs is 1. The number of rotatable bonds is 6. The second-order valence-electron chi connectivity index (χ2n) is 8.26. The van der Waals surface area contributed by atoms with Crippen LogP contribution in [0.5, 0.6) is 11.5 Å². The van der Waals surface area contributed by atoms with Gasteiger partial charge in [-0.2, -0.15) is 0 Å². The molecule has 1 aromatic carbocycles. The number of anilines is 1. The molecule has 1 aliphatic carbocycles. The number of pyridine rings is 2. The Morgan fingerprint density at radius 3 is 2.62 bits per heavy atom. The van der Waals surface area contributed by atoms with E-state index < -0.39 is 11.9 Å². The van der Waals surface area contributed by atoms with Gasteiger partial charge in [-0.15, -0.1) is 0 Å². The van der Waals surface area contributed by atoms with Crippen LogP contribution in [0.25, 0.3) is 0 Å². The molecule has 5 rings (SSSR count). The van der Waals surface area contributed by atoms with E-state index in [-0.39, 0.29) is 23.9 Å². The summed E-state index contributed by atoms with van der Waals surface area (Å²) in [6, 6.07) is 11.0. The van der Waals surface area contributed by atoms with Crippen molar-refractivity contribution >= 4 is 29.1 Å². The molecule has 174 valence electrons. The van der Waals surface area contributed by atoms with Crippen molar-refractivity contribution in [1.82, 2.24) is 15.3 Å². The quantitative estimate of drug-likeness (QED) is 0.531. The summed E-state index contributed by atoms with van der Waals surface area (Å²) < 4.78 is 11.0. The fourth-order valence-corrected chi connectivity index (χ4v) is 4.48. The number of hydrogen-bond donors (Lipinski definition) is 1. The highest BCUT2D eigenvalue weighted by Crippen LogP contribution is 2.38. The number of halogens is 1. The molecule has 1 saturated carbocycles. The van der Waals surface area contributed by atoms with Crippen LogP contribution in [0.15, 0.2) is 61.1 Å². The van der Waals surface area contributed by atoms with Crippen LogP contribution in [0.4, 0.5) is 5.69 Å². The number of amides is 2. The lowest BCUT2D eigenvalue weighted by atomic mass is 10.0. The minimum atomic E-state index is -0.960. The maximum absolute atomic E-state index is 13.9. The van der Waals surface area contributed by atoms with Gasteiger partial charge in [0.05, 0.1) is 5.56 Å². The molecule has 3 aromatic rings. The minimum absolute atomic E-state index is 0.0811. The Hall–Kier alpha value is -3.65. The van der Waals surface area contributed by atoms with Gasteiger partial charge in [0.2, 0.25) is 12.7 Å². The molecule has 2 aromatic heterocycles. The van der Waals surface area contributed by atoms with Gasteiger partial charge in [-0.3, -0.25) is 19.5 Å². The average Bonchev–Trinajstić information content (AvgIpc) is 3.54. The number of nitrogens with zero attached hydrogens (tertiary/aromatic N) is 3. The smallest absolute Gasteiger partial charge is 0.260 e. The Bertz CT molecular complexity index is 1180. The normalized spacial score (nSPS) is 15.7. The van der Waals surface area contributed by atoms with Crippen molar-refractivity contribution in [3.63, 3.8) is 0 Å². The molecule has 1 fully saturated rings. The molecule has 9 heteroatoms. The fraction of sp³-hybridized carbons (Fsp3) is 0.280. The molecule has 0 spiro atoms. The van der Waals surface area contributed by atoms with E-state index in [4.69, 9.17) is 21.1 Å². The molecular weight excluding hydrogens is 456 g/mol. The number of carbonyl (C=O) groups is 2. The molecule has 3 heterocycles. The van der Waals surface area contributed by atoms with Gasteiger partial charge >= 0.3 is 0 Å². The molecule has 8 nitrogen and oxygen atoms in total. The first-order valence-corrected chi connectivity index (χ1v) is 11.5. The van der Waals surface area contributed by atoms with Crippen molar-refractivity contribution in [3.8, 4) is 11.5 Å². The molecule has 1 aliphatic heterocycles. The van der Waals surface area contributed by atoms with Crippen LogP contribution in [0.1, 0.15) is 47.6 Å². The van der Waals surface area contributed by atoms with Crippen LogP contribution in [0.3, 0.4) is 0 Å². The van der Waals surface area contributed by atoms with Gasteiger partial charge in [0.15, 0.2) is 11.5 Å². The number of carbonyl (C=O) groups excluding carboxylic acids is 2. The molecule has 2 amide bonds. The maximum Gasteiger partial charge on any atom is 0.260 e. The Morgan fingerprint density at radius 2 is 1.88 bits per heavy atom. The summed E-state index contributed by atoms with van der Waals surface area (Å²) in [7, 11) is 0. The molecule has 0 unspecified atom stereocenters. The molecule has 1 N–H and O–H groups in total. The largest absolute Gasteiger partial charge is 0.454 e. The summed E-state index contributed by atoms with van der Waals surface area (Å²) in [5, 5.41) is 3.41. The lowest BCUT2D eigenvalue weighted by molar-refractivity contribution is -0.123. The zero-order valence-corrected chi connectivity index (χ0v) is 19.1. The average molecular weight is 479 g/mol. The Labute approximate surface area is 201 Å². The molecular formula is C25H23ClN4O4. The minimum Gasteiger partial charge on any atom is -0.454 e. The van der Waals surface area contributed by atoms with E-state index in [0.29, 0.717) is 28.3 Å². The molecule has 0 radical (unpaired) electrons. The van der Waals surface area contributed by atoms with Crippen LogP contribution >= 0.6 is 11.6 Å². The molecule has 34 heavy (non-hydrogen) atoms. The third-order valence-electron chi connectivity index (χ3n) is 6.04. The third kappa shape index (κ3) is 4.54. The summed E-state index contributed by atoms with van der Waals surface area (Å²) in [5.74, 6) is 0.412. The SMILES string of the molecule is O=C(NC1CCCC1)[C@@H](c1cccnc1)N(C(=O)c1ccc(Cl)nc1)c1ccc2c(c1)OCO2. The van der Waals surface area contributed by atoms with Gasteiger partial charge in [0.25, 0.3) is 5.91 Å². The van der Waals surface area contributed by atoms with E-state index in [0.717, 1.165) is 25.7 Å². The standard InChI is InChI=1S/C25H23ClN4O4/c26-22-10-7-17(14-28-22)25(32)30(19-8-9-20-21(12-19)34-15-33-20)23(16-4-3-11-27-13-16)24(31)29-18-5-1-2-6-18/h3-4,7-14,18,23H,1-2,5-6,15H2,(H,29,31)/t23-/m1/s1. The van der Waals surface area contributed by atoms with Crippen molar-refractivity contribution < 1.29 is 19.1 Å². The summed E-state index contributed by atoms with van der Waals surface area (Å²) in [4.78, 5) is 37.3. The van der Waals surface area contributed by atoms with Gasteiger partial charge < -0.3 is 14.8 Å². The lowest BCUT2D eigenvalue weighted by Gasteiger charge is -2.32. The zero-order valence-electron chi connectivity index (χ0n) is 18.3. The molecule has 2 aliphatic rings. The Morgan fingerprint density at radius 1 is 1.06 bits per heavy atom. The van der Waals surface area contributed by atoms with E-state index in [2.05, 4.69) is 15.3 Å². The van der Waals surface area contributed by atoms with Gasteiger partial charge in [-0.25, -0.2) is 4.98 Å². The Balaban J connectivity index is 1.60. The lowest BCUT2D eigenvalue weighted by Crippen LogP contribution is -2.46. The molecule has 0 bridgehead atoms. The number of nitrogens with one attached hydrogen (secondary N) is 1. The molecule has 1 atom stereocenters. The highest BCUT2D eigenvalue weighted by Gasteiger charge is 2.36. The predicted octanol–water partition coefficient (Wildman–Crippen LogP) is 4.31. The monoisotopic (exact) mass is 478 g/mol. The van der Waals surface area contributed by atoms with E-state index in [9.17, 15) is 9.59 Å². The first-order chi connectivity index (χ1) is 16.6. The van der Waals surface area contributed by atoms with Crippen molar-refractivity contribution in [3.05, 3.63) is 77.3 Å². The predicted molar refractivity (Wildman–Crippen MR) is 126 cm³/mol. The number of ether oxygens (including phenoxy) is 2. The number of aromatic nitrogens is 2. The van der Waals surface area contributed by atoms with E-state index in [1.54, 1.807) is 54.9 Å². The maximum atomic E-state index is 13.9. The van der Waals surface area contributed by atoms with Crippen LogP contribution in [-0.2, 0) is 4.79 Å². The van der Waals surface area contributed by atoms with Crippen LogP contribution in [-0.4, -0.2) is 34.6 Å². The first-order valence-electron chi connectivity index (χ1n) is 11.2. The van der Waals surface area contributed by atoms with Gasteiger partial charge in [-0.05, 0) is 43.2 Å². The zero-order chi connectivity index (χ0) is 23.5. The van der Waals surface area contributed by atoms with Crippen molar-refractivity contribution in [2.24, 2.45) is 0 Å². The summed E-state index contributed by atoms with van der Waals surface area (Å²) in [6.07, 6.45) is 8.63. The van der Waals surface area contributed by atoms with E-state index >= 15 is 0 Å². The van der Waals surface area contributed by atoms with Crippen molar-refractivity contribution in [1.29, 1.82) is 0 Å². The topological polar surface area (TPSA) is 93.7 Å². The third-order valence-corrected chi connectivity index (χ3v) is 6.26. The highest BCUT2D eigenvalue weighted by molar-refractivity contribution is 6.29. The van der Waals surface area contributed by atoms with Gasteiger partial charge in [-0.1, -0.05) is 30.5 Å². The molecule has 0 saturated heterocycles. The van der Waals surface area contributed by atoms with Gasteiger partial charge in [0.1, 0.15) is 11.2 Å². The van der Waals surface area contributed by atoms with Crippen LogP contribution in [0.2, 0.25) is 5.15 Å². The first kappa shape index (κ1) is 22.2. The van der Waals surface area contributed by atoms with Crippen molar-refractivity contribution in [2.45, 2.75) is 37.8 Å². The van der Waals surface area contributed by atoms with Gasteiger partial charge in [0, 0.05) is 41.9 Å². The fourth-order valence-electron chi connectivity index (χ4n) is 4.37. The van der Waals surface area contributed by atoms with Crippen molar-refractivity contribution in [2.75, 3.05) is 11.7 Å². The number of benzene rings is 1. The summed E-state index contributed by atoms with van der Waals surface area (Å²) >= 11 is 5.94. The second-order valence-corrected chi connectivity index (χ2v) is 8.65. The van der Waals surface area contributed by atoms with Crippen LogP contribution in [0, 0.1) is 0 Å². The van der Waals surface area contributed by atoms with Crippen LogP contribution < -0.4 is 19.7 Å². The number of hydrogen-bond acceptors (Lipinski definition) is 6.